The zero-order chi connectivity index (χ0) is 11.4. The second kappa shape index (κ2) is 5.51. The lowest BCUT2D eigenvalue weighted by atomic mass is 10.1. The average molecular weight is 221 g/mol. The van der Waals surface area contributed by atoms with E-state index in [1.54, 1.807) is 0 Å². The minimum absolute atomic E-state index is 0.149. The van der Waals surface area contributed by atoms with Crippen LogP contribution in [0.15, 0.2) is 18.5 Å². The molecule has 90 valence electrons. The first-order valence-corrected chi connectivity index (χ1v) is 6.39. The number of piperidine rings is 1. The number of nitrogens with zero attached hydrogens (tertiary/aromatic N) is 2. The highest BCUT2D eigenvalue weighted by Gasteiger charge is 2.09. The molecule has 3 heteroatoms. The van der Waals surface area contributed by atoms with Crippen LogP contribution in [0.2, 0.25) is 0 Å². The molecule has 1 saturated heterocycles. The molecule has 1 unspecified atom stereocenters. The lowest BCUT2D eigenvalue weighted by Gasteiger charge is -2.26. The third-order valence-corrected chi connectivity index (χ3v) is 3.42. The van der Waals surface area contributed by atoms with Crippen LogP contribution >= 0.6 is 0 Å². The first kappa shape index (κ1) is 11.7. The van der Waals surface area contributed by atoms with Crippen molar-refractivity contribution in [3.63, 3.8) is 0 Å². The van der Waals surface area contributed by atoms with Crippen LogP contribution in [0.1, 0.15) is 37.8 Å². The zero-order valence-electron chi connectivity index (χ0n) is 10.2. The molecule has 2 heterocycles. The van der Waals surface area contributed by atoms with Crippen molar-refractivity contribution in [1.82, 2.24) is 9.47 Å². The van der Waals surface area contributed by atoms with Crippen LogP contribution < -0.4 is 5.73 Å². The van der Waals surface area contributed by atoms with Gasteiger partial charge in [0, 0.05) is 31.5 Å². The zero-order valence-corrected chi connectivity index (χ0v) is 10.2. The van der Waals surface area contributed by atoms with Gasteiger partial charge in [-0.3, -0.25) is 0 Å². The summed E-state index contributed by atoms with van der Waals surface area (Å²) in [6.45, 7) is 6.85. The van der Waals surface area contributed by atoms with E-state index in [1.807, 2.05) is 6.92 Å². The van der Waals surface area contributed by atoms with E-state index in [0.717, 1.165) is 6.54 Å². The van der Waals surface area contributed by atoms with E-state index < -0.39 is 0 Å². The number of aromatic nitrogens is 1. The van der Waals surface area contributed by atoms with Gasteiger partial charge in [0.05, 0.1) is 0 Å². The van der Waals surface area contributed by atoms with Crippen LogP contribution in [0.4, 0.5) is 0 Å². The van der Waals surface area contributed by atoms with Gasteiger partial charge in [0.2, 0.25) is 0 Å². The molecule has 0 aliphatic carbocycles. The van der Waals surface area contributed by atoms with Crippen LogP contribution in [0.25, 0.3) is 0 Å². The van der Waals surface area contributed by atoms with Crippen molar-refractivity contribution in [3.05, 3.63) is 24.0 Å². The molecule has 1 fully saturated rings. The van der Waals surface area contributed by atoms with Crippen molar-refractivity contribution < 1.29 is 0 Å². The van der Waals surface area contributed by atoms with E-state index in [2.05, 4.69) is 27.9 Å². The van der Waals surface area contributed by atoms with Gasteiger partial charge in [0.15, 0.2) is 0 Å². The summed E-state index contributed by atoms with van der Waals surface area (Å²) in [6.07, 6.45) is 8.47. The third-order valence-electron chi connectivity index (χ3n) is 3.42. The second-order valence-corrected chi connectivity index (χ2v) is 4.87. The maximum atomic E-state index is 5.84. The molecule has 1 aliphatic rings. The van der Waals surface area contributed by atoms with Crippen molar-refractivity contribution in [2.75, 3.05) is 19.6 Å². The lowest BCUT2D eigenvalue weighted by molar-refractivity contribution is 0.221. The highest BCUT2D eigenvalue weighted by atomic mass is 15.1. The Morgan fingerprint density at radius 3 is 2.62 bits per heavy atom. The first-order chi connectivity index (χ1) is 7.75. The summed E-state index contributed by atoms with van der Waals surface area (Å²) in [5, 5.41) is 0. The monoisotopic (exact) mass is 221 g/mol. The van der Waals surface area contributed by atoms with Crippen molar-refractivity contribution in [3.8, 4) is 0 Å². The Kier molecular flexibility index (Phi) is 4.02. The lowest BCUT2D eigenvalue weighted by Crippen LogP contribution is -2.32. The molecule has 1 atom stereocenters. The molecule has 3 nitrogen and oxygen atoms in total. The minimum Gasteiger partial charge on any atom is -0.353 e. The number of likely N-dealkylation sites (tertiary alicyclic amines) is 1. The Bertz CT molecular complexity index is 311. The fourth-order valence-electron chi connectivity index (χ4n) is 2.31. The number of nitrogens with two attached hydrogens (primary N) is 1. The van der Waals surface area contributed by atoms with Crippen LogP contribution in [0.5, 0.6) is 0 Å². The van der Waals surface area contributed by atoms with Gasteiger partial charge in [-0.1, -0.05) is 6.42 Å². The summed E-state index contributed by atoms with van der Waals surface area (Å²) >= 11 is 0. The highest BCUT2D eigenvalue weighted by molar-refractivity contribution is 5.13. The Morgan fingerprint density at radius 2 is 2.00 bits per heavy atom. The fraction of sp³-hybridized carbons (Fsp3) is 0.692. The molecule has 0 bridgehead atoms. The molecule has 1 aliphatic heterocycles. The maximum Gasteiger partial charge on any atom is 0.0347 e. The smallest absolute Gasteiger partial charge is 0.0347 e. The van der Waals surface area contributed by atoms with E-state index in [-0.39, 0.29) is 6.04 Å². The van der Waals surface area contributed by atoms with Gasteiger partial charge < -0.3 is 15.2 Å². The van der Waals surface area contributed by atoms with Gasteiger partial charge >= 0.3 is 0 Å². The van der Waals surface area contributed by atoms with E-state index in [1.165, 1.54) is 44.5 Å². The van der Waals surface area contributed by atoms with Gasteiger partial charge in [-0.2, -0.15) is 0 Å². The predicted octanol–water partition coefficient (Wildman–Crippen LogP) is 1.99. The van der Waals surface area contributed by atoms with Crippen molar-refractivity contribution in [2.45, 2.75) is 38.8 Å². The summed E-state index contributed by atoms with van der Waals surface area (Å²) in [5.74, 6) is 0. The Balaban J connectivity index is 1.79. The summed E-state index contributed by atoms with van der Waals surface area (Å²) < 4.78 is 2.26. The molecule has 1 aromatic rings. The molecule has 0 saturated carbocycles. The molecule has 0 spiro atoms. The number of hydrogen-bond donors (Lipinski definition) is 1. The van der Waals surface area contributed by atoms with Crippen LogP contribution in [0, 0.1) is 0 Å². The quantitative estimate of drug-likeness (QED) is 0.843. The molecule has 2 N–H and O–H groups in total. The number of hydrogen-bond acceptors (Lipinski definition) is 2. The standard InChI is InChI=1S/C13H23N3/c1-12(14)13-5-8-16(11-13)10-9-15-6-3-2-4-7-15/h5,8,11-12H,2-4,6-7,9-10,14H2,1H3. The predicted molar refractivity (Wildman–Crippen MR) is 67.3 cm³/mol. The highest BCUT2D eigenvalue weighted by Crippen LogP contribution is 2.11. The summed E-state index contributed by atoms with van der Waals surface area (Å²) in [7, 11) is 0. The summed E-state index contributed by atoms with van der Waals surface area (Å²) in [6, 6.07) is 2.28. The van der Waals surface area contributed by atoms with Gasteiger partial charge in [0.25, 0.3) is 0 Å². The van der Waals surface area contributed by atoms with E-state index in [0.29, 0.717) is 0 Å². The van der Waals surface area contributed by atoms with E-state index in [4.69, 9.17) is 5.73 Å². The first-order valence-electron chi connectivity index (χ1n) is 6.39. The molecular formula is C13H23N3. The SMILES string of the molecule is CC(N)c1ccn(CCN2CCCCC2)c1. The fourth-order valence-corrected chi connectivity index (χ4v) is 2.31. The molecule has 2 rings (SSSR count). The van der Waals surface area contributed by atoms with E-state index >= 15 is 0 Å². The van der Waals surface area contributed by atoms with Crippen LogP contribution in [0.3, 0.4) is 0 Å². The third kappa shape index (κ3) is 3.09. The van der Waals surface area contributed by atoms with Gasteiger partial charge in [-0.05, 0) is 44.5 Å². The summed E-state index contributed by atoms with van der Waals surface area (Å²) in [4.78, 5) is 2.56. The van der Waals surface area contributed by atoms with Crippen molar-refractivity contribution in [2.24, 2.45) is 5.73 Å². The normalized spacial score (nSPS) is 19.9. The minimum atomic E-state index is 0.149. The summed E-state index contributed by atoms with van der Waals surface area (Å²) in [5.41, 5.74) is 7.08. The largest absolute Gasteiger partial charge is 0.353 e. The van der Waals surface area contributed by atoms with Gasteiger partial charge in [-0.15, -0.1) is 0 Å². The maximum absolute atomic E-state index is 5.84. The average Bonchev–Trinajstić information content (AvgIpc) is 2.76. The molecular weight excluding hydrogens is 198 g/mol. The Hall–Kier alpha value is -0.800. The molecule has 1 aromatic heterocycles. The van der Waals surface area contributed by atoms with Gasteiger partial charge in [-0.25, -0.2) is 0 Å². The second-order valence-electron chi connectivity index (χ2n) is 4.87. The van der Waals surface area contributed by atoms with Crippen LogP contribution in [-0.4, -0.2) is 29.1 Å². The van der Waals surface area contributed by atoms with E-state index in [9.17, 15) is 0 Å². The Morgan fingerprint density at radius 1 is 1.25 bits per heavy atom. The number of rotatable bonds is 4. The molecule has 16 heavy (non-hydrogen) atoms. The van der Waals surface area contributed by atoms with Crippen molar-refractivity contribution in [1.29, 1.82) is 0 Å². The van der Waals surface area contributed by atoms with Crippen molar-refractivity contribution >= 4 is 0 Å². The molecule has 0 amide bonds. The molecule has 0 radical (unpaired) electrons. The molecule has 0 aromatic carbocycles. The topological polar surface area (TPSA) is 34.2 Å². The van der Waals surface area contributed by atoms with Gasteiger partial charge in [0.1, 0.15) is 0 Å². The van der Waals surface area contributed by atoms with Crippen LogP contribution in [-0.2, 0) is 6.54 Å². The Labute approximate surface area is 98.2 Å².